The Morgan fingerprint density at radius 3 is 2.79 bits per heavy atom. The summed E-state index contributed by atoms with van der Waals surface area (Å²) in [7, 11) is 0. The summed E-state index contributed by atoms with van der Waals surface area (Å²) in [5.74, 6) is 2.36. The van der Waals surface area contributed by atoms with Crippen LogP contribution in [0.1, 0.15) is 43.5 Å². The van der Waals surface area contributed by atoms with Gasteiger partial charge >= 0.3 is 0 Å². The van der Waals surface area contributed by atoms with Gasteiger partial charge in [0.15, 0.2) is 0 Å². The Kier molecular flexibility index (Phi) is 4.19. The zero-order valence-corrected chi connectivity index (χ0v) is 11.5. The number of hydrogen-bond acceptors (Lipinski definition) is 5. The lowest BCUT2D eigenvalue weighted by Crippen LogP contribution is -2.30. The van der Waals surface area contributed by atoms with Crippen LogP contribution in [-0.2, 0) is 4.79 Å². The van der Waals surface area contributed by atoms with Crippen molar-refractivity contribution in [2.24, 2.45) is 0 Å². The molecule has 104 valence electrons. The molecule has 1 amide bonds. The fraction of sp³-hybridized carbons (Fsp3) is 0.615. The fourth-order valence-corrected chi connectivity index (χ4v) is 1.74. The molecule has 0 saturated heterocycles. The van der Waals surface area contributed by atoms with Gasteiger partial charge in [-0.3, -0.25) is 4.79 Å². The van der Waals surface area contributed by atoms with Crippen LogP contribution in [0.4, 0.5) is 11.6 Å². The zero-order chi connectivity index (χ0) is 13.8. The molecule has 1 aromatic rings. The summed E-state index contributed by atoms with van der Waals surface area (Å²) in [6.07, 6.45) is 3.18. The molecule has 0 aliphatic heterocycles. The molecule has 0 radical (unpaired) electrons. The van der Waals surface area contributed by atoms with Crippen molar-refractivity contribution < 1.29 is 4.79 Å². The van der Waals surface area contributed by atoms with Gasteiger partial charge in [-0.2, -0.15) is 0 Å². The summed E-state index contributed by atoms with van der Waals surface area (Å²) in [6.45, 7) is 4.78. The van der Waals surface area contributed by atoms with Crippen LogP contribution >= 0.6 is 0 Å². The van der Waals surface area contributed by atoms with Crippen molar-refractivity contribution in [2.75, 3.05) is 24.1 Å². The van der Waals surface area contributed by atoms with Gasteiger partial charge in [-0.05, 0) is 26.2 Å². The standard InChI is InChI=1S/C13H21N5O/c1-3-6-15-10(19)7-16-12-8(2)11(14)17-13(18-12)9-4-5-9/h9H,3-7H2,1-2H3,(H,15,19)(H3,14,16,17,18). The molecular formula is C13H21N5O. The molecule has 1 aromatic heterocycles. The third-order valence-corrected chi connectivity index (χ3v) is 3.13. The predicted molar refractivity (Wildman–Crippen MR) is 74.9 cm³/mol. The van der Waals surface area contributed by atoms with E-state index >= 15 is 0 Å². The van der Waals surface area contributed by atoms with Gasteiger partial charge in [-0.25, -0.2) is 9.97 Å². The molecule has 6 nitrogen and oxygen atoms in total. The molecule has 2 rings (SSSR count). The van der Waals surface area contributed by atoms with Crippen molar-refractivity contribution in [3.63, 3.8) is 0 Å². The van der Waals surface area contributed by atoms with E-state index in [0.29, 0.717) is 24.1 Å². The van der Waals surface area contributed by atoms with Gasteiger partial charge in [0.1, 0.15) is 17.5 Å². The highest BCUT2D eigenvalue weighted by Gasteiger charge is 2.27. The number of nitrogens with zero attached hydrogens (tertiary/aromatic N) is 2. The number of nitrogen functional groups attached to an aromatic ring is 1. The van der Waals surface area contributed by atoms with Gasteiger partial charge in [0, 0.05) is 18.0 Å². The highest BCUT2D eigenvalue weighted by molar-refractivity contribution is 5.80. The first-order valence-electron chi connectivity index (χ1n) is 6.76. The van der Waals surface area contributed by atoms with E-state index in [9.17, 15) is 4.79 Å². The van der Waals surface area contributed by atoms with Crippen molar-refractivity contribution in [1.82, 2.24) is 15.3 Å². The maximum Gasteiger partial charge on any atom is 0.239 e. The minimum Gasteiger partial charge on any atom is -0.383 e. The summed E-state index contributed by atoms with van der Waals surface area (Å²) in [6, 6.07) is 0. The SMILES string of the molecule is CCCNC(=O)CNc1nc(C2CC2)nc(N)c1C. The van der Waals surface area contributed by atoms with E-state index < -0.39 is 0 Å². The van der Waals surface area contributed by atoms with Crippen molar-refractivity contribution in [1.29, 1.82) is 0 Å². The largest absolute Gasteiger partial charge is 0.383 e. The lowest BCUT2D eigenvalue weighted by Gasteiger charge is -2.11. The zero-order valence-electron chi connectivity index (χ0n) is 11.5. The summed E-state index contributed by atoms with van der Waals surface area (Å²) in [4.78, 5) is 20.3. The smallest absolute Gasteiger partial charge is 0.239 e. The average molecular weight is 263 g/mol. The number of anilines is 2. The van der Waals surface area contributed by atoms with E-state index in [1.54, 1.807) is 0 Å². The fourth-order valence-electron chi connectivity index (χ4n) is 1.74. The van der Waals surface area contributed by atoms with Gasteiger partial charge in [-0.15, -0.1) is 0 Å². The molecule has 6 heteroatoms. The molecule has 19 heavy (non-hydrogen) atoms. The normalized spacial score (nSPS) is 14.2. The van der Waals surface area contributed by atoms with Gasteiger partial charge in [-0.1, -0.05) is 6.92 Å². The Labute approximate surface area is 113 Å². The number of nitrogens with one attached hydrogen (secondary N) is 2. The lowest BCUT2D eigenvalue weighted by molar-refractivity contribution is -0.119. The predicted octanol–water partition coefficient (Wildman–Crippen LogP) is 1.18. The van der Waals surface area contributed by atoms with Crippen LogP contribution in [0.3, 0.4) is 0 Å². The Balaban J connectivity index is 2.00. The molecule has 1 aliphatic rings. The molecule has 1 saturated carbocycles. The lowest BCUT2D eigenvalue weighted by atomic mass is 10.3. The Morgan fingerprint density at radius 2 is 2.16 bits per heavy atom. The molecular weight excluding hydrogens is 242 g/mol. The average Bonchev–Trinajstić information content (AvgIpc) is 3.22. The second kappa shape index (κ2) is 5.86. The molecule has 0 unspecified atom stereocenters. The Hall–Kier alpha value is -1.85. The van der Waals surface area contributed by atoms with Crippen LogP contribution in [0.2, 0.25) is 0 Å². The van der Waals surface area contributed by atoms with Crippen LogP contribution in [0, 0.1) is 6.92 Å². The minimum absolute atomic E-state index is 0.0357. The first-order chi connectivity index (χ1) is 9.11. The first-order valence-corrected chi connectivity index (χ1v) is 6.76. The maximum absolute atomic E-state index is 11.6. The van der Waals surface area contributed by atoms with Crippen LogP contribution < -0.4 is 16.4 Å². The number of rotatable bonds is 6. The summed E-state index contributed by atoms with van der Waals surface area (Å²) < 4.78 is 0. The van der Waals surface area contributed by atoms with E-state index in [1.807, 2.05) is 13.8 Å². The molecule has 0 atom stereocenters. The molecule has 0 bridgehead atoms. The molecule has 1 aliphatic carbocycles. The van der Waals surface area contributed by atoms with Crippen molar-refractivity contribution in [3.8, 4) is 0 Å². The quantitative estimate of drug-likeness (QED) is 0.716. The van der Waals surface area contributed by atoms with E-state index in [1.165, 1.54) is 0 Å². The van der Waals surface area contributed by atoms with E-state index in [2.05, 4.69) is 20.6 Å². The van der Waals surface area contributed by atoms with Crippen LogP contribution in [0.5, 0.6) is 0 Å². The van der Waals surface area contributed by atoms with Crippen molar-refractivity contribution in [3.05, 3.63) is 11.4 Å². The van der Waals surface area contributed by atoms with Crippen LogP contribution in [0.15, 0.2) is 0 Å². The van der Waals surface area contributed by atoms with Gasteiger partial charge in [0.05, 0.1) is 6.54 Å². The van der Waals surface area contributed by atoms with Crippen molar-refractivity contribution >= 4 is 17.5 Å². The van der Waals surface area contributed by atoms with Gasteiger partial charge in [0.2, 0.25) is 5.91 Å². The van der Waals surface area contributed by atoms with E-state index in [4.69, 9.17) is 5.73 Å². The third kappa shape index (κ3) is 3.56. The highest BCUT2D eigenvalue weighted by atomic mass is 16.1. The third-order valence-electron chi connectivity index (χ3n) is 3.13. The second-order valence-electron chi connectivity index (χ2n) is 4.92. The summed E-state index contributed by atoms with van der Waals surface area (Å²) >= 11 is 0. The molecule has 1 heterocycles. The summed E-state index contributed by atoms with van der Waals surface area (Å²) in [5, 5.41) is 5.85. The number of hydrogen-bond donors (Lipinski definition) is 3. The number of carbonyl (C=O) groups excluding carboxylic acids is 1. The minimum atomic E-state index is -0.0357. The van der Waals surface area contributed by atoms with Gasteiger partial charge < -0.3 is 16.4 Å². The first kappa shape index (κ1) is 13.6. The van der Waals surface area contributed by atoms with Gasteiger partial charge in [0.25, 0.3) is 0 Å². The van der Waals surface area contributed by atoms with Crippen LogP contribution in [-0.4, -0.2) is 29.0 Å². The highest BCUT2D eigenvalue weighted by Crippen LogP contribution is 2.39. The van der Waals surface area contributed by atoms with E-state index in [-0.39, 0.29) is 12.5 Å². The summed E-state index contributed by atoms with van der Waals surface area (Å²) in [5.41, 5.74) is 6.68. The monoisotopic (exact) mass is 263 g/mol. The number of aromatic nitrogens is 2. The maximum atomic E-state index is 11.6. The topological polar surface area (TPSA) is 92.9 Å². The number of carbonyl (C=O) groups is 1. The van der Waals surface area contributed by atoms with Crippen LogP contribution in [0.25, 0.3) is 0 Å². The molecule has 0 spiro atoms. The molecule has 4 N–H and O–H groups in total. The second-order valence-corrected chi connectivity index (χ2v) is 4.92. The van der Waals surface area contributed by atoms with E-state index in [0.717, 1.165) is 30.7 Å². The number of amides is 1. The Bertz CT molecular complexity index is 470. The number of nitrogens with two attached hydrogens (primary N) is 1. The Morgan fingerprint density at radius 1 is 1.42 bits per heavy atom. The molecule has 0 aromatic carbocycles. The van der Waals surface area contributed by atoms with Crippen molar-refractivity contribution in [2.45, 2.75) is 39.0 Å². The molecule has 1 fully saturated rings.